The maximum absolute atomic E-state index is 6.01. The summed E-state index contributed by atoms with van der Waals surface area (Å²) in [5, 5.41) is 9.71. The van der Waals surface area contributed by atoms with E-state index in [9.17, 15) is 0 Å². The van der Waals surface area contributed by atoms with Gasteiger partial charge in [-0.3, -0.25) is 34.3 Å². The molecular weight excluding hydrogens is 679 g/mol. The zero-order valence-corrected chi connectivity index (χ0v) is 37.0. The molecule has 4 aliphatic rings. The van der Waals surface area contributed by atoms with Crippen LogP contribution in [0.15, 0.2) is 0 Å². The molecule has 1 atom stereocenters. The molecule has 15 heteroatoms. The van der Waals surface area contributed by atoms with Crippen LogP contribution in [0.3, 0.4) is 0 Å². The molecule has 0 aromatic heterocycles. The lowest BCUT2D eigenvalue weighted by Gasteiger charge is -2.38. The van der Waals surface area contributed by atoms with Crippen molar-refractivity contribution in [2.75, 3.05) is 184 Å². The van der Waals surface area contributed by atoms with Gasteiger partial charge >= 0.3 is 0 Å². The first-order valence-electron chi connectivity index (χ1n) is 21.2. The maximum Gasteiger partial charge on any atom is 0.0226 e. The Labute approximate surface area is 333 Å². The van der Waals surface area contributed by atoms with Gasteiger partial charge < -0.3 is 44.6 Å². The molecule has 0 aromatic carbocycles. The third-order valence-corrected chi connectivity index (χ3v) is 9.85. The quantitative estimate of drug-likeness (QED) is 0.0834. The predicted molar refractivity (Wildman–Crippen MR) is 233 cm³/mol. The fourth-order valence-electron chi connectivity index (χ4n) is 7.27. The lowest BCUT2D eigenvalue weighted by Crippen LogP contribution is -2.54. The van der Waals surface area contributed by atoms with Crippen molar-refractivity contribution in [1.29, 1.82) is 0 Å². The Bertz CT molecular complexity index is 843. The van der Waals surface area contributed by atoms with Gasteiger partial charge in [0.1, 0.15) is 0 Å². The van der Waals surface area contributed by atoms with Gasteiger partial charge in [0.05, 0.1) is 0 Å². The molecule has 4 fully saturated rings. The molecular formula is C39H93N15. The van der Waals surface area contributed by atoms with E-state index in [-0.39, 0.29) is 22.7 Å². The van der Waals surface area contributed by atoms with Crippen LogP contribution in [0.1, 0.15) is 48.5 Å². The van der Waals surface area contributed by atoms with Crippen molar-refractivity contribution in [2.24, 2.45) is 28.7 Å². The molecule has 1 unspecified atom stereocenters. The summed E-state index contributed by atoms with van der Waals surface area (Å²) in [7, 11) is 4.03. The minimum atomic E-state index is -0.0800. The second-order valence-corrected chi connectivity index (χ2v) is 18.3. The number of likely N-dealkylation sites (N-methyl/N-ethyl adjacent to an activating group) is 2. The third kappa shape index (κ3) is 28.7. The lowest BCUT2D eigenvalue weighted by molar-refractivity contribution is 0.113. The predicted octanol–water partition coefficient (Wildman–Crippen LogP) is -2.34. The van der Waals surface area contributed by atoms with Crippen molar-refractivity contribution in [3.8, 4) is 0 Å². The molecule has 4 heterocycles. The van der Waals surface area contributed by atoms with E-state index in [4.69, 9.17) is 28.7 Å². The van der Waals surface area contributed by atoms with E-state index in [1.54, 1.807) is 0 Å². The van der Waals surface area contributed by atoms with E-state index in [1.807, 2.05) is 14.1 Å². The monoisotopic (exact) mass is 772 g/mol. The molecule has 324 valence electrons. The first-order chi connectivity index (χ1) is 25.3. The number of nitrogens with one attached hydrogen (secondary N) is 3. The van der Waals surface area contributed by atoms with Crippen molar-refractivity contribution in [2.45, 2.75) is 71.1 Å². The van der Waals surface area contributed by atoms with E-state index in [2.05, 4.69) is 98.7 Å². The molecule has 54 heavy (non-hydrogen) atoms. The summed E-state index contributed by atoms with van der Waals surface area (Å²) in [6, 6.07) is 0.280. The summed E-state index contributed by atoms with van der Waals surface area (Å²) in [4.78, 5) is 17.2. The lowest BCUT2D eigenvalue weighted by atomic mass is 10.1. The van der Waals surface area contributed by atoms with Crippen LogP contribution in [0, 0.1) is 0 Å². The Balaban J connectivity index is 0.000000362. The van der Waals surface area contributed by atoms with Gasteiger partial charge in [-0.05, 0) is 62.6 Å². The average Bonchev–Trinajstić information content (AvgIpc) is 3.08. The number of rotatable bonds is 16. The molecule has 0 aliphatic carbocycles. The van der Waals surface area contributed by atoms with Crippen molar-refractivity contribution in [3.05, 3.63) is 0 Å². The van der Waals surface area contributed by atoms with Crippen LogP contribution >= 0.6 is 0 Å². The van der Waals surface area contributed by atoms with Gasteiger partial charge in [-0.15, -0.1) is 0 Å². The van der Waals surface area contributed by atoms with Crippen LogP contribution in [0.4, 0.5) is 0 Å². The zero-order chi connectivity index (χ0) is 40.6. The van der Waals surface area contributed by atoms with Crippen molar-refractivity contribution < 1.29 is 0 Å². The maximum atomic E-state index is 6.01. The molecule has 4 aliphatic heterocycles. The van der Waals surface area contributed by atoms with Gasteiger partial charge in [0.15, 0.2) is 0 Å². The third-order valence-electron chi connectivity index (χ3n) is 9.85. The highest BCUT2D eigenvalue weighted by Gasteiger charge is 2.23. The topological polar surface area (TPSA) is 189 Å². The minimum Gasteiger partial charge on any atom is -0.329 e. The number of hydrogen-bond donors (Lipinski definition) is 8. The summed E-state index contributed by atoms with van der Waals surface area (Å²) < 4.78 is 0. The highest BCUT2D eigenvalue weighted by atomic mass is 15.3. The summed E-state index contributed by atoms with van der Waals surface area (Å²) >= 11 is 0. The summed E-state index contributed by atoms with van der Waals surface area (Å²) in [5.74, 6) is 0. The number of nitrogens with two attached hydrogens (primary N) is 5. The van der Waals surface area contributed by atoms with E-state index in [0.29, 0.717) is 0 Å². The van der Waals surface area contributed by atoms with Crippen molar-refractivity contribution in [1.82, 2.24) is 50.2 Å². The van der Waals surface area contributed by atoms with E-state index in [1.165, 1.54) is 39.3 Å². The van der Waals surface area contributed by atoms with Gasteiger partial charge in [-0.25, -0.2) is 0 Å². The van der Waals surface area contributed by atoms with E-state index >= 15 is 0 Å². The summed E-state index contributed by atoms with van der Waals surface area (Å²) in [5.41, 5.74) is 29.0. The van der Waals surface area contributed by atoms with Crippen LogP contribution < -0.4 is 44.6 Å². The zero-order valence-electron chi connectivity index (χ0n) is 37.0. The van der Waals surface area contributed by atoms with Crippen LogP contribution in [-0.4, -0.2) is 241 Å². The van der Waals surface area contributed by atoms with E-state index < -0.39 is 0 Å². The van der Waals surface area contributed by atoms with E-state index in [0.717, 1.165) is 131 Å². The summed E-state index contributed by atoms with van der Waals surface area (Å²) in [6.07, 6.45) is 0. The fourth-order valence-corrected chi connectivity index (χ4v) is 7.27. The van der Waals surface area contributed by atoms with Gasteiger partial charge in [0.2, 0.25) is 0 Å². The smallest absolute Gasteiger partial charge is 0.0226 e. The number of hydrogen-bond acceptors (Lipinski definition) is 15. The Morgan fingerprint density at radius 3 is 1.09 bits per heavy atom. The van der Waals surface area contributed by atoms with Gasteiger partial charge in [-0.2, -0.15) is 0 Å². The molecule has 4 rings (SSSR count). The van der Waals surface area contributed by atoms with Gasteiger partial charge in [0.25, 0.3) is 0 Å². The highest BCUT2D eigenvalue weighted by molar-refractivity contribution is 4.83. The molecule has 4 saturated heterocycles. The first kappa shape index (κ1) is 51.4. The van der Waals surface area contributed by atoms with Crippen molar-refractivity contribution >= 4 is 0 Å². The SMILES string of the molecule is CC(C)(N)CN1CCN(CCN)CC1.CC(C)(N)CN1CCNCC1.CC(N)CN1CCN(CC(C)(C)N)CC1.CNCCN1CCN(CCNC)CC1. The minimum absolute atomic E-state index is 0.0443. The Kier molecular flexibility index (Phi) is 26.6. The van der Waals surface area contributed by atoms with Gasteiger partial charge in [-0.1, -0.05) is 0 Å². The second kappa shape index (κ2) is 27.9. The van der Waals surface area contributed by atoms with Crippen molar-refractivity contribution in [3.63, 3.8) is 0 Å². The largest absolute Gasteiger partial charge is 0.329 e. The standard InChI is InChI=1S/C11H26N4.2C10H24N4.C8H19N3/c1-10(12)8-14-4-6-15(7-5-14)9-11(2,3)13;1-11-3-5-13-7-9-14(10-8-13)6-4-12-2;1-10(2,12)9-14-7-5-13(4-3-11)6-8-14;1-8(2,9)7-11-5-3-10-4-6-11/h10H,4-9,12-13H2,1-3H3;11-12H,3-10H2,1-2H3;3-9,11-12H2,1-2H3;10H,3-7,9H2,1-2H3. The Hall–Kier alpha value is -0.600. The van der Waals surface area contributed by atoms with Crippen LogP contribution in [0.25, 0.3) is 0 Å². The van der Waals surface area contributed by atoms with Crippen LogP contribution in [0.2, 0.25) is 0 Å². The van der Waals surface area contributed by atoms with Crippen LogP contribution in [-0.2, 0) is 0 Å². The normalized spacial score (nSPS) is 21.7. The molecule has 15 nitrogen and oxygen atoms in total. The second-order valence-electron chi connectivity index (χ2n) is 18.3. The molecule has 0 amide bonds. The Morgan fingerprint density at radius 2 is 0.796 bits per heavy atom. The average molecular weight is 772 g/mol. The number of piperazine rings is 4. The highest BCUT2D eigenvalue weighted by Crippen LogP contribution is 2.08. The molecule has 0 radical (unpaired) electrons. The Morgan fingerprint density at radius 1 is 0.500 bits per heavy atom. The molecule has 13 N–H and O–H groups in total. The fraction of sp³-hybridized carbons (Fsp3) is 1.00. The summed E-state index contributed by atoms with van der Waals surface area (Å²) in [6.45, 7) is 43.3. The van der Waals surface area contributed by atoms with Crippen LogP contribution in [0.5, 0.6) is 0 Å². The molecule has 0 aromatic rings. The van der Waals surface area contributed by atoms with Gasteiger partial charge in [0, 0.05) is 193 Å². The first-order valence-corrected chi connectivity index (χ1v) is 21.2. The number of nitrogens with zero attached hydrogens (tertiary/aromatic N) is 7. The molecule has 0 saturated carbocycles. The molecule has 0 bridgehead atoms. The molecule has 0 spiro atoms.